The van der Waals surface area contributed by atoms with Crippen molar-refractivity contribution in [1.82, 2.24) is 14.9 Å². The fourth-order valence-corrected chi connectivity index (χ4v) is 4.62. The standard InChI is InChI=1S/C16H26N4O2S/c1-13-18-15-6-3-2-5-14(15)16(19-13)17-7-4-8-20-9-11-23(21,22)12-10-20/h2-12H2,1H3,(H,17,18,19). The largest absolute Gasteiger partial charge is 0.370 e. The topological polar surface area (TPSA) is 75.2 Å². The maximum Gasteiger partial charge on any atom is 0.152 e. The van der Waals surface area contributed by atoms with Crippen LogP contribution >= 0.6 is 0 Å². The van der Waals surface area contributed by atoms with E-state index in [4.69, 9.17) is 0 Å². The highest BCUT2D eigenvalue weighted by molar-refractivity contribution is 7.91. The van der Waals surface area contributed by atoms with E-state index in [2.05, 4.69) is 20.2 Å². The number of anilines is 1. The summed E-state index contributed by atoms with van der Waals surface area (Å²) in [5.74, 6) is 2.46. The third-order valence-corrected chi connectivity index (χ3v) is 6.28. The SMILES string of the molecule is Cc1nc2c(c(NCCCN3CCS(=O)(=O)CC3)n1)CCCC2. The summed E-state index contributed by atoms with van der Waals surface area (Å²) in [5.41, 5.74) is 2.51. The van der Waals surface area contributed by atoms with Gasteiger partial charge in [-0.25, -0.2) is 18.4 Å². The van der Waals surface area contributed by atoms with E-state index < -0.39 is 9.84 Å². The molecule has 0 spiro atoms. The van der Waals surface area contributed by atoms with Crippen LogP contribution in [-0.4, -0.2) is 61.0 Å². The van der Waals surface area contributed by atoms with Crippen LogP contribution in [0.5, 0.6) is 0 Å². The van der Waals surface area contributed by atoms with Crippen molar-refractivity contribution in [2.45, 2.75) is 39.0 Å². The Balaban J connectivity index is 1.49. The van der Waals surface area contributed by atoms with Gasteiger partial charge in [-0.3, -0.25) is 0 Å². The van der Waals surface area contributed by atoms with Crippen LogP contribution in [-0.2, 0) is 22.7 Å². The van der Waals surface area contributed by atoms with Gasteiger partial charge in [0, 0.05) is 30.9 Å². The summed E-state index contributed by atoms with van der Waals surface area (Å²) < 4.78 is 22.9. The second kappa shape index (κ2) is 7.13. The first-order chi connectivity index (χ1) is 11.0. The Hall–Kier alpha value is -1.21. The van der Waals surface area contributed by atoms with Crippen LogP contribution in [0.2, 0.25) is 0 Å². The number of hydrogen-bond acceptors (Lipinski definition) is 6. The lowest BCUT2D eigenvalue weighted by atomic mass is 9.96. The van der Waals surface area contributed by atoms with Gasteiger partial charge in [0.1, 0.15) is 11.6 Å². The van der Waals surface area contributed by atoms with Gasteiger partial charge >= 0.3 is 0 Å². The molecular formula is C16H26N4O2S. The van der Waals surface area contributed by atoms with Crippen LogP contribution in [0.25, 0.3) is 0 Å². The molecule has 0 atom stereocenters. The van der Waals surface area contributed by atoms with Crippen molar-refractivity contribution >= 4 is 15.7 Å². The van der Waals surface area contributed by atoms with Gasteiger partial charge in [-0.05, 0) is 45.6 Å². The predicted molar refractivity (Wildman–Crippen MR) is 91.6 cm³/mol. The number of fused-ring (bicyclic) bond motifs is 1. The Kier molecular flexibility index (Phi) is 5.16. The smallest absolute Gasteiger partial charge is 0.152 e. The number of sulfone groups is 1. The third kappa shape index (κ3) is 4.41. The summed E-state index contributed by atoms with van der Waals surface area (Å²) in [6.45, 7) is 5.10. The number of nitrogens with zero attached hydrogens (tertiary/aromatic N) is 3. The monoisotopic (exact) mass is 338 g/mol. The molecule has 1 fully saturated rings. The van der Waals surface area contributed by atoms with Gasteiger partial charge in [0.15, 0.2) is 9.84 Å². The number of rotatable bonds is 5. The Bertz CT molecular complexity index is 646. The van der Waals surface area contributed by atoms with E-state index in [0.717, 1.165) is 44.0 Å². The molecule has 6 nitrogen and oxygen atoms in total. The van der Waals surface area contributed by atoms with E-state index in [1.807, 2.05) is 6.92 Å². The normalized spacial score (nSPS) is 20.9. The minimum atomic E-state index is -2.78. The second-order valence-corrected chi connectivity index (χ2v) is 8.83. The molecule has 0 saturated carbocycles. The van der Waals surface area contributed by atoms with Crippen LogP contribution in [0.3, 0.4) is 0 Å². The van der Waals surface area contributed by atoms with Crippen LogP contribution in [0.4, 0.5) is 5.82 Å². The van der Waals surface area contributed by atoms with E-state index >= 15 is 0 Å². The first-order valence-electron chi connectivity index (χ1n) is 8.56. The lowest BCUT2D eigenvalue weighted by Crippen LogP contribution is -2.41. The summed E-state index contributed by atoms with van der Waals surface area (Å²) >= 11 is 0. The summed E-state index contributed by atoms with van der Waals surface area (Å²) in [4.78, 5) is 11.4. The molecule has 0 bridgehead atoms. The fraction of sp³-hybridized carbons (Fsp3) is 0.750. The van der Waals surface area contributed by atoms with Crippen molar-refractivity contribution in [2.24, 2.45) is 0 Å². The van der Waals surface area contributed by atoms with Crippen molar-refractivity contribution < 1.29 is 8.42 Å². The van der Waals surface area contributed by atoms with Crippen molar-refractivity contribution in [3.8, 4) is 0 Å². The predicted octanol–water partition coefficient (Wildman–Crippen LogP) is 1.20. The number of nitrogens with one attached hydrogen (secondary N) is 1. The van der Waals surface area contributed by atoms with Gasteiger partial charge in [0.05, 0.1) is 11.5 Å². The Morgan fingerprint density at radius 2 is 1.87 bits per heavy atom. The van der Waals surface area contributed by atoms with Crippen molar-refractivity contribution in [2.75, 3.05) is 43.0 Å². The molecule has 2 aliphatic rings. The second-order valence-electron chi connectivity index (χ2n) is 6.53. The third-order valence-electron chi connectivity index (χ3n) is 4.68. The molecule has 0 aromatic carbocycles. The molecule has 1 aromatic rings. The van der Waals surface area contributed by atoms with Gasteiger partial charge < -0.3 is 10.2 Å². The van der Waals surface area contributed by atoms with Crippen molar-refractivity contribution in [3.05, 3.63) is 17.1 Å². The Labute approximate surface area is 138 Å². The van der Waals surface area contributed by atoms with Gasteiger partial charge in [0.25, 0.3) is 0 Å². The molecule has 128 valence electrons. The molecule has 0 radical (unpaired) electrons. The molecule has 1 N–H and O–H groups in total. The van der Waals surface area contributed by atoms with E-state index in [0.29, 0.717) is 24.6 Å². The lowest BCUT2D eigenvalue weighted by molar-refractivity contribution is 0.294. The molecule has 0 amide bonds. The minimum absolute atomic E-state index is 0.305. The summed E-state index contributed by atoms with van der Waals surface area (Å²) in [6.07, 6.45) is 5.58. The zero-order valence-electron chi connectivity index (χ0n) is 13.8. The average Bonchev–Trinajstić information content (AvgIpc) is 2.52. The lowest BCUT2D eigenvalue weighted by Gasteiger charge is -2.26. The van der Waals surface area contributed by atoms with Gasteiger partial charge in [-0.2, -0.15) is 0 Å². The number of aromatic nitrogens is 2. The van der Waals surface area contributed by atoms with Crippen LogP contribution < -0.4 is 5.32 Å². The zero-order valence-corrected chi connectivity index (χ0v) is 14.7. The molecule has 2 heterocycles. The van der Waals surface area contributed by atoms with E-state index in [-0.39, 0.29) is 0 Å². The quantitative estimate of drug-likeness (QED) is 0.813. The molecule has 3 rings (SSSR count). The highest BCUT2D eigenvalue weighted by Gasteiger charge is 2.21. The van der Waals surface area contributed by atoms with Crippen LogP contribution in [0.15, 0.2) is 0 Å². The maximum atomic E-state index is 11.4. The molecule has 1 aliphatic carbocycles. The van der Waals surface area contributed by atoms with Crippen LogP contribution in [0, 0.1) is 6.92 Å². The summed E-state index contributed by atoms with van der Waals surface area (Å²) in [5, 5.41) is 3.47. The fourth-order valence-electron chi connectivity index (χ4n) is 3.35. The van der Waals surface area contributed by atoms with Crippen molar-refractivity contribution in [1.29, 1.82) is 0 Å². The minimum Gasteiger partial charge on any atom is -0.370 e. The Morgan fingerprint density at radius 1 is 1.13 bits per heavy atom. The van der Waals surface area contributed by atoms with Gasteiger partial charge in [0.2, 0.25) is 0 Å². The average molecular weight is 338 g/mol. The summed E-state index contributed by atoms with van der Waals surface area (Å²) in [6, 6.07) is 0. The molecular weight excluding hydrogens is 312 g/mol. The van der Waals surface area contributed by atoms with E-state index in [9.17, 15) is 8.42 Å². The molecule has 1 saturated heterocycles. The molecule has 1 aliphatic heterocycles. The Morgan fingerprint density at radius 3 is 2.65 bits per heavy atom. The van der Waals surface area contributed by atoms with Crippen LogP contribution in [0.1, 0.15) is 36.3 Å². The first-order valence-corrected chi connectivity index (χ1v) is 10.4. The highest BCUT2D eigenvalue weighted by Crippen LogP contribution is 2.25. The molecule has 1 aromatic heterocycles. The van der Waals surface area contributed by atoms with E-state index in [1.54, 1.807) is 0 Å². The molecule has 7 heteroatoms. The molecule has 23 heavy (non-hydrogen) atoms. The summed E-state index contributed by atoms with van der Waals surface area (Å²) in [7, 11) is -2.78. The van der Waals surface area contributed by atoms with Gasteiger partial charge in [-0.15, -0.1) is 0 Å². The number of hydrogen-bond donors (Lipinski definition) is 1. The van der Waals surface area contributed by atoms with E-state index in [1.165, 1.54) is 24.1 Å². The number of aryl methyl sites for hydroxylation is 2. The van der Waals surface area contributed by atoms with Crippen molar-refractivity contribution in [3.63, 3.8) is 0 Å². The maximum absolute atomic E-state index is 11.4. The first kappa shape index (κ1) is 16.6. The van der Waals surface area contributed by atoms with Gasteiger partial charge in [-0.1, -0.05) is 0 Å². The highest BCUT2D eigenvalue weighted by atomic mass is 32.2. The zero-order chi connectivity index (χ0) is 16.3. The molecule has 0 unspecified atom stereocenters.